The molecular weight excluding hydrogens is 381 g/mol. The molecule has 0 aromatic heterocycles. The molecule has 0 heterocycles. The van der Waals surface area contributed by atoms with E-state index >= 15 is 0 Å². The minimum Gasteiger partial charge on any atom is -0.300 e. The van der Waals surface area contributed by atoms with Gasteiger partial charge in [-0.15, -0.1) is 0 Å². The molecule has 0 aliphatic heterocycles. The SMILES string of the molecule is FC(F)(F)c1ccc(Cl)c(NNc2ccc(Cl)cc2C(F)(F)F)c1. The first-order chi connectivity index (χ1) is 11.0. The molecule has 0 saturated carbocycles. The van der Waals surface area contributed by atoms with Crippen molar-refractivity contribution in [1.29, 1.82) is 0 Å². The van der Waals surface area contributed by atoms with Gasteiger partial charge in [0.2, 0.25) is 0 Å². The van der Waals surface area contributed by atoms with E-state index in [2.05, 4.69) is 10.9 Å². The predicted molar refractivity (Wildman–Crippen MR) is 80.2 cm³/mol. The molecule has 2 aromatic rings. The van der Waals surface area contributed by atoms with Crippen LogP contribution in [0.25, 0.3) is 0 Å². The summed E-state index contributed by atoms with van der Waals surface area (Å²) in [6.07, 6.45) is -9.31. The van der Waals surface area contributed by atoms with Gasteiger partial charge in [0, 0.05) is 5.02 Å². The highest BCUT2D eigenvalue weighted by Gasteiger charge is 2.34. The fourth-order valence-electron chi connectivity index (χ4n) is 1.79. The number of hydrazine groups is 1. The number of nitrogens with one attached hydrogen (secondary N) is 2. The summed E-state index contributed by atoms with van der Waals surface area (Å²) in [5.41, 5.74) is 1.73. The van der Waals surface area contributed by atoms with Gasteiger partial charge in [-0.25, -0.2) is 0 Å². The minimum atomic E-state index is -4.70. The van der Waals surface area contributed by atoms with Crippen LogP contribution in [0.4, 0.5) is 37.7 Å². The first kappa shape index (κ1) is 18.5. The van der Waals surface area contributed by atoms with Crippen molar-refractivity contribution in [1.82, 2.24) is 0 Å². The maximum Gasteiger partial charge on any atom is 0.418 e. The van der Waals surface area contributed by atoms with Crippen molar-refractivity contribution in [3.05, 3.63) is 57.6 Å². The van der Waals surface area contributed by atoms with E-state index in [0.29, 0.717) is 12.1 Å². The molecule has 0 bridgehead atoms. The molecule has 0 unspecified atom stereocenters. The molecule has 0 aliphatic carbocycles. The maximum absolute atomic E-state index is 13.0. The third kappa shape index (κ3) is 4.39. The Kier molecular flexibility index (Phi) is 5.10. The Labute approximate surface area is 142 Å². The van der Waals surface area contributed by atoms with Crippen LogP contribution in [0.2, 0.25) is 10.0 Å². The van der Waals surface area contributed by atoms with E-state index in [0.717, 1.165) is 18.2 Å². The van der Waals surface area contributed by atoms with E-state index < -0.39 is 29.2 Å². The second-order valence-electron chi connectivity index (χ2n) is 4.63. The van der Waals surface area contributed by atoms with Crippen LogP contribution in [-0.4, -0.2) is 0 Å². The standard InChI is InChI=1S/C14H8Cl2F6N2/c15-8-2-4-11(9(6-8)14(20,21)22)23-24-12-5-7(13(17,18)19)1-3-10(12)16/h1-6,23-24H. The zero-order chi connectivity index (χ0) is 18.1. The first-order valence-corrected chi connectivity index (χ1v) is 6.99. The summed E-state index contributed by atoms with van der Waals surface area (Å²) in [5.74, 6) is 0. The first-order valence-electron chi connectivity index (χ1n) is 6.24. The van der Waals surface area contributed by atoms with Crippen LogP contribution >= 0.6 is 23.2 Å². The Bertz CT molecular complexity index is 743. The number of hydrogen-bond donors (Lipinski definition) is 2. The summed E-state index contributed by atoms with van der Waals surface area (Å²) in [4.78, 5) is 0. The summed E-state index contributed by atoms with van der Waals surface area (Å²) in [5, 5.41) is -0.233. The average molecular weight is 389 g/mol. The number of rotatable bonds is 3. The Morgan fingerprint density at radius 1 is 0.708 bits per heavy atom. The summed E-state index contributed by atoms with van der Waals surface area (Å²) < 4.78 is 76.9. The molecule has 24 heavy (non-hydrogen) atoms. The van der Waals surface area contributed by atoms with Gasteiger partial charge in [-0.3, -0.25) is 5.43 Å². The molecule has 0 atom stereocenters. The average Bonchev–Trinajstić information content (AvgIpc) is 2.45. The monoisotopic (exact) mass is 388 g/mol. The predicted octanol–water partition coefficient (Wildman–Crippen LogP) is 6.47. The van der Waals surface area contributed by atoms with Crippen LogP contribution < -0.4 is 10.9 Å². The van der Waals surface area contributed by atoms with E-state index in [1.165, 1.54) is 6.07 Å². The Hall–Kier alpha value is -1.80. The van der Waals surface area contributed by atoms with Crippen LogP contribution in [0, 0.1) is 0 Å². The van der Waals surface area contributed by atoms with Gasteiger partial charge in [0.25, 0.3) is 0 Å². The second-order valence-corrected chi connectivity index (χ2v) is 5.47. The number of benzene rings is 2. The smallest absolute Gasteiger partial charge is 0.300 e. The number of alkyl halides is 6. The lowest BCUT2D eigenvalue weighted by atomic mass is 10.1. The van der Waals surface area contributed by atoms with E-state index in [1.807, 2.05) is 0 Å². The van der Waals surface area contributed by atoms with Gasteiger partial charge in [0.15, 0.2) is 0 Å². The molecule has 2 rings (SSSR count). The Balaban J connectivity index is 2.29. The van der Waals surface area contributed by atoms with Crippen LogP contribution in [0.5, 0.6) is 0 Å². The molecule has 0 fully saturated rings. The zero-order valence-corrected chi connectivity index (χ0v) is 13.0. The van der Waals surface area contributed by atoms with E-state index in [1.54, 1.807) is 0 Å². The normalized spacial score (nSPS) is 12.2. The van der Waals surface area contributed by atoms with Crippen molar-refractivity contribution >= 4 is 34.6 Å². The van der Waals surface area contributed by atoms with Crippen LogP contribution in [0.15, 0.2) is 36.4 Å². The summed E-state index contributed by atoms with van der Waals surface area (Å²) in [6, 6.07) is 5.37. The largest absolute Gasteiger partial charge is 0.418 e. The minimum absolute atomic E-state index is 0.0991. The van der Waals surface area contributed by atoms with Gasteiger partial charge < -0.3 is 5.43 Å². The molecule has 0 saturated heterocycles. The maximum atomic E-state index is 13.0. The number of halogens is 8. The third-order valence-corrected chi connectivity index (χ3v) is 3.48. The molecule has 130 valence electrons. The molecule has 2 N–H and O–H groups in total. The quantitative estimate of drug-likeness (QED) is 0.465. The van der Waals surface area contributed by atoms with Gasteiger partial charge in [0.05, 0.1) is 27.5 Å². The summed E-state index contributed by atoms with van der Waals surface area (Å²) in [7, 11) is 0. The molecule has 2 aromatic carbocycles. The van der Waals surface area contributed by atoms with Crippen molar-refractivity contribution in [2.75, 3.05) is 10.9 Å². The van der Waals surface area contributed by atoms with Crippen LogP contribution in [0.1, 0.15) is 11.1 Å². The van der Waals surface area contributed by atoms with E-state index in [9.17, 15) is 26.3 Å². The van der Waals surface area contributed by atoms with Gasteiger partial charge in [0.1, 0.15) is 0 Å². The van der Waals surface area contributed by atoms with Gasteiger partial charge in [-0.05, 0) is 36.4 Å². The van der Waals surface area contributed by atoms with Gasteiger partial charge in [-0.2, -0.15) is 26.3 Å². The lowest BCUT2D eigenvalue weighted by molar-refractivity contribution is -0.138. The van der Waals surface area contributed by atoms with E-state index in [4.69, 9.17) is 23.2 Å². The molecular formula is C14H8Cl2F6N2. The molecule has 0 spiro atoms. The van der Waals surface area contributed by atoms with Crippen molar-refractivity contribution in [2.24, 2.45) is 0 Å². The van der Waals surface area contributed by atoms with Gasteiger partial charge in [-0.1, -0.05) is 23.2 Å². The zero-order valence-electron chi connectivity index (χ0n) is 11.5. The highest BCUT2D eigenvalue weighted by atomic mass is 35.5. The highest BCUT2D eigenvalue weighted by molar-refractivity contribution is 6.33. The van der Waals surface area contributed by atoms with E-state index in [-0.39, 0.29) is 15.7 Å². The van der Waals surface area contributed by atoms with Crippen LogP contribution in [-0.2, 0) is 12.4 Å². The van der Waals surface area contributed by atoms with Crippen molar-refractivity contribution in [2.45, 2.75) is 12.4 Å². The van der Waals surface area contributed by atoms with Crippen molar-refractivity contribution in [3.63, 3.8) is 0 Å². The summed E-state index contributed by atoms with van der Waals surface area (Å²) in [6.45, 7) is 0. The Morgan fingerprint density at radius 3 is 1.92 bits per heavy atom. The lowest BCUT2D eigenvalue weighted by Gasteiger charge is -2.17. The molecule has 10 heteroatoms. The second kappa shape index (κ2) is 6.60. The molecule has 0 radical (unpaired) electrons. The van der Waals surface area contributed by atoms with Crippen molar-refractivity contribution in [3.8, 4) is 0 Å². The summed E-state index contributed by atoms with van der Waals surface area (Å²) >= 11 is 11.3. The molecule has 2 nitrogen and oxygen atoms in total. The fourth-order valence-corrected chi connectivity index (χ4v) is 2.13. The number of hydrogen-bond acceptors (Lipinski definition) is 2. The van der Waals surface area contributed by atoms with Crippen molar-refractivity contribution < 1.29 is 26.3 Å². The molecule has 0 aliphatic rings. The Morgan fingerprint density at radius 2 is 1.33 bits per heavy atom. The lowest BCUT2D eigenvalue weighted by Crippen LogP contribution is -2.16. The third-order valence-electron chi connectivity index (χ3n) is 2.91. The highest BCUT2D eigenvalue weighted by Crippen LogP contribution is 2.37. The van der Waals surface area contributed by atoms with Crippen LogP contribution in [0.3, 0.4) is 0 Å². The topological polar surface area (TPSA) is 24.1 Å². The molecule has 0 amide bonds. The van der Waals surface area contributed by atoms with Gasteiger partial charge >= 0.3 is 12.4 Å². The number of anilines is 2. The fraction of sp³-hybridized carbons (Fsp3) is 0.143.